The van der Waals surface area contributed by atoms with Gasteiger partial charge in [-0.3, -0.25) is 0 Å². The summed E-state index contributed by atoms with van der Waals surface area (Å²) < 4.78 is 4.39. The number of methoxy groups -OCH3 is 1. The van der Waals surface area contributed by atoms with Gasteiger partial charge in [0.1, 0.15) is 0 Å². The summed E-state index contributed by atoms with van der Waals surface area (Å²) in [6, 6.07) is 0. The van der Waals surface area contributed by atoms with Crippen LogP contribution in [0, 0.1) is 5.92 Å². The van der Waals surface area contributed by atoms with E-state index in [0.29, 0.717) is 12.3 Å². The molecule has 0 aromatic carbocycles. The number of rotatable bonds is 4. The predicted molar refractivity (Wildman–Crippen MR) is 50.5 cm³/mol. The first-order valence-corrected chi connectivity index (χ1v) is 4.41. The highest BCUT2D eigenvalue weighted by Crippen LogP contribution is 2.14. The quantitative estimate of drug-likeness (QED) is 0.697. The molecule has 0 bridgehead atoms. The maximum Gasteiger partial charge on any atom is 0.406 e. The minimum atomic E-state index is -0.859. The number of carbonyl (C=O) groups excluding carboxylic acids is 1. The number of hydrogen-bond donors (Lipinski definition) is 2. The molecule has 0 fully saturated rings. The molecule has 0 aliphatic carbocycles. The molecule has 4 heteroatoms. The summed E-state index contributed by atoms with van der Waals surface area (Å²) in [5, 5.41) is 12.2. The van der Waals surface area contributed by atoms with Crippen LogP contribution in [0.4, 0.5) is 4.79 Å². The Bertz CT molecular complexity index is 166. The number of alkyl carbamates (subject to hydrolysis) is 1. The van der Waals surface area contributed by atoms with Crippen molar-refractivity contribution in [2.75, 3.05) is 13.7 Å². The van der Waals surface area contributed by atoms with Crippen molar-refractivity contribution in [3.05, 3.63) is 0 Å². The molecule has 13 heavy (non-hydrogen) atoms. The van der Waals surface area contributed by atoms with Crippen molar-refractivity contribution in [3.63, 3.8) is 0 Å². The van der Waals surface area contributed by atoms with Crippen molar-refractivity contribution in [3.8, 4) is 0 Å². The van der Waals surface area contributed by atoms with Crippen molar-refractivity contribution >= 4 is 6.09 Å². The Hall–Kier alpha value is -0.770. The molecular formula is C9H19NO3. The molecule has 1 atom stereocenters. The van der Waals surface area contributed by atoms with Gasteiger partial charge in [0.2, 0.25) is 0 Å². The van der Waals surface area contributed by atoms with Crippen LogP contribution in [0.15, 0.2) is 0 Å². The first-order valence-electron chi connectivity index (χ1n) is 4.41. The summed E-state index contributed by atoms with van der Waals surface area (Å²) in [5.41, 5.74) is -0.859. The topological polar surface area (TPSA) is 58.6 Å². The molecule has 1 unspecified atom stereocenters. The molecule has 2 N–H and O–H groups in total. The molecule has 0 saturated heterocycles. The van der Waals surface area contributed by atoms with Crippen molar-refractivity contribution < 1.29 is 14.6 Å². The monoisotopic (exact) mass is 189 g/mol. The number of carbonyl (C=O) groups is 1. The first-order chi connectivity index (χ1) is 5.87. The van der Waals surface area contributed by atoms with Crippen molar-refractivity contribution in [1.82, 2.24) is 5.32 Å². The largest absolute Gasteiger partial charge is 0.453 e. The molecule has 1 amide bonds. The van der Waals surface area contributed by atoms with Crippen LogP contribution in [0.1, 0.15) is 27.2 Å². The average Bonchev–Trinajstić information content (AvgIpc) is 1.98. The molecule has 0 aliphatic heterocycles. The van der Waals surface area contributed by atoms with Crippen molar-refractivity contribution in [2.24, 2.45) is 5.92 Å². The van der Waals surface area contributed by atoms with Gasteiger partial charge in [-0.1, -0.05) is 13.8 Å². The predicted octanol–water partition coefficient (Wildman–Crippen LogP) is 1.14. The lowest BCUT2D eigenvalue weighted by Gasteiger charge is -2.25. The molecule has 0 rings (SSSR count). The Balaban J connectivity index is 3.81. The summed E-state index contributed by atoms with van der Waals surface area (Å²) in [7, 11) is 1.30. The highest BCUT2D eigenvalue weighted by atomic mass is 16.5. The van der Waals surface area contributed by atoms with E-state index in [9.17, 15) is 9.90 Å². The van der Waals surface area contributed by atoms with Gasteiger partial charge in [-0.2, -0.15) is 0 Å². The van der Waals surface area contributed by atoms with Crippen LogP contribution < -0.4 is 5.32 Å². The fraction of sp³-hybridized carbons (Fsp3) is 0.889. The van der Waals surface area contributed by atoms with Gasteiger partial charge < -0.3 is 15.2 Å². The molecule has 0 saturated carbocycles. The van der Waals surface area contributed by atoms with Gasteiger partial charge in [0.25, 0.3) is 0 Å². The molecule has 78 valence electrons. The standard InChI is InChI=1S/C9H19NO3/c1-7(2)5-9(3,12)6-10-8(11)13-4/h7,12H,5-6H2,1-4H3,(H,10,11). The van der Waals surface area contributed by atoms with Crippen LogP contribution in [0.2, 0.25) is 0 Å². The summed E-state index contributed by atoms with van der Waals surface area (Å²) >= 11 is 0. The van der Waals surface area contributed by atoms with Crippen LogP contribution in [0.5, 0.6) is 0 Å². The third-order valence-electron chi connectivity index (χ3n) is 1.65. The Labute approximate surface area is 79.3 Å². The van der Waals surface area contributed by atoms with E-state index in [-0.39, 0.29) is 6.54 Å². The van der Waals surface area contributed by atoms with Gasteiger partial charge in [-0.15, -0.1) is 0 Å². The third kappa shape index (κ3) is 6.40. The lowest BCUT2D eigenvalue weighted by atomic mass is 9.94. The molecule has 4 nitrogen and oxygen atoms in total. The number of ether oxygens (including phenoxy) is 1. The molecule has 0 radical (unpaired) electrons. The summed E-state index contributed by atoms with van der Waals surface area (Å²) in [6.07, 6.45) is 0.140. The molecule has 0 spiro atoms. The van der Waals surface area contributed by atoms with Gasteiger partial charge in [0.05, 0.1) is 12.7 Å². The minimum absolute atomic E-state index is 0.220. The Morgan fingerprint density at radius 2 is 2.15 bits per heavy atom. The number of nitrogens with one attached hydrogen (secondary N) is 1. The normalized spacial score (nSPS) is 15.2. The molecule has 0 heterocycles. The SMILES string of the molecule is COC(=O)NCC(C)(O)CC(C)C. The third-order valence-corrected chi connectivity index (χ3v) is 1.65. The molecule has 0 aromatic heterocycles. The van der Waals surface area contributed by atoms with Gasteiger partial charge >= 0.3 is 6.09 Å². The summed E-state index contributed by atoms with van der Waals surface area (Å²) in [4.78, 5) is 10.7. The second-order valence-corrected chi connectivity index (χ2v) is 3.94. The highest BCUT2D eigenvalue weighted by Gasteiger charge is 2.22. The number of hydrogen-bond acceptors (Lipinski definition) is 3. The summed E-state index contributed by atoms with van der Waals surface area (Å²) in [5.74, 6) is 0.398. The smallest absolute Gasteiger partial charge is 0.406 e. The Morgan fingerprint density at radius 1 is 1.62 bits per heavy atom. The van der Waals surface area contributed by atoms with Crippen LogP contribution in [-0.4, -0.2) is 30.5 Å². The fourth-order valence-electron chi connectivity index (χ4n) is 1.29. The Morgan fingerprint density at radius 3 is 2.54 bits per heavy atom. The first kappa shape index (κ1) is 12.2. The van der Waals surface area contributed by atoms with E-state index in [2.05, 4.69) is 10.1 Å². The van der Waals surface area contributed by atoms with Crippen LogP contribution in [0.3, 0.4) is 0 Å². The second-order valence-electron chi connectivity index (χ2n) is 3.94. The molecular weight excluding hydrogens is 170 g/mol. The molecule has 0 aromatic rings. The van der Waals surface area contributed by atoms with E-state index in [4.69, 9.17) is 0 Å². The zero-order valence-electron chi connectivity index (χ0n) is 8.76. The Kier molecular flexibility index (Phi) is 4.77. The summed E-state index contributed by atoms with van der Waals surface area (Å²) in [6.45, 7) is 5.96. The van der Waals surface area contributed by atoms with E-state index >= 15 is 0 Å². The number of amides is 1. The second kappa shape index (κ2) is 5.07. The lowest BCUT2D eigenvalue weighted by molar-refractivity contribution is 0.0378. The minimum Gasteiger partial charge on any atom is -0.453 e. The van der Waals surface area contributed by atoms with Crippen LogP contribution in [-0.2, 0) is 4.74 Å². The zero-order chi connectivity index (χ0) is 10.5. The fourth-order valence-corrected chi connectivity index (χ4v) is 1.29. The van der Waals surface area contributed by atoms with Gasteiger partial charge in [0.15, 0.2) is 0 Å². The maximum absolute atomic E-state index is 10.7. The van der Waals surface area contributed by atoms with E-state index < -0.39 is 11.7 Å². The highest BCUT2D eigenvalue weighted by molar-refractivity contribution is 5.66. The number of aliphatic hydroxyl groups is 1. The van der Waals surface area contributed by atoms with E-state index in [1.807, 2.05) is 13.8 Å². The zero-order valence-corrected chi connectivity index (χ0v) is 8.76. The van der Waals surface area contributed by atoms with Gasteiger partial charge in [-0.05, 0) is 19.3 Å². The maximum atomic E-state index is 10.7. The van der Waals surface area contributed by atoms with E-state index in [1.165, 1.54) is 7.11 Å². The van der Waals surface area contributed by atoms with E-state index in [1.54, 1.807) is 6.92 Å². The molecule has 0 aliphatic rings. The van der Waals surface area contributed by atoms with Crippen molar-refractivity contribution in [2.45, 2.75) is 32.8 Å². The van der Waals surface area contributed by atoms with Crippen LogP contribution >= 0.6 is 0 Å². The van der Waals surface area contributed by atoms with Gasteiger partial charge in [-0.25, -0.2) is 4.79 Å². The van der Waals surface area contributed by atoms with Gasteiger partial charge in [0, 0.05) is 6.54 Å². The lowest BCUT2D eigenvalue weighted by Crippen LogP contribution is -2.41. The average molecular weight is 189 g/mol. The van der Waals surface area contributed by atoms with Crippen molar-refractivity contribution in [1.29, 1.82) is 0 Å². The van der Waals surface area contributed by atoms with E-state index in [0.717, 1.165) is 0 Å². The van der Waals surface area contributed by atoms with Crippen LogP contribution in [0.25, 0.3) is 0 Å².